The molecule has 0 saturated carbocycles. The van der Waals surface area contributed by atoms with E-state index in [0.29, 0.717) is 0 Å². The second-order valence-corrected chi connectivity index (χ2v) is 13.5. The van der Waals surface area contributed by atoms with Crippen LogP contribution in [0.1, 0.15) is 0 Å². The maximum atomic E-state index is 6.35. The summed E-state index contributed by atoms with van der Waals surface area (Å²) in [7, 11) is 0. The van der Waals surface area contributed by atoms with E-state index in [1.165, 1.54) is 42.1 Å². The summed E-state index contributed by atoms with van der Waals surface area (Å²) in [6.07, 6.45) is 0. The highest BCUT2D eigenvalue weighted by Crippen LogP contribution is 2.44. The summed E-state index contributed by atoms with van der Waals surface area (Å²) in [5.74, 6) is 0. The van der Waals surface area contributed by atoms with Crippen molar-refractivity contribution in [1.29, 1.82) is 0 Å². The van der Waals surface area contributed by atoms with Gasteiger partial charge in [0.25, 0.3) is 0 Å². The molecule has 2 nitrogen and oxygen atoms in total. The Morgan fingerprint density at radius 1 is 0.408 bits per heavy atom. The van der Waals surface area contributed by atoms with Gasteiger partial charge in [0.15, 0.2) is 0 Å². The lowest BCUT2D eigenvalue weighted by Gasteiger charge is -2.26. The SMILES string of the molecule is c1ccc(N(c2ccc(-c3cccc4c3oc3ccccc34)cc2)c2ccc(-c3cccc4c3sc3ccc5ccccc5c34)cc2)cc1. The second-order valence-electron chi connectivity index (χ2n) is 12.5. The monoisotopic (exact) mass is 643 g/mol. The summed E-state index contributed by atoms with van der Waals surface area (Å²) in [5.41, 5.74) is 9.86. The number of para-hydroxylation sites is 3. The molecule has 10 aromatic rings. The first-order valence-corrected chi connectivity index (χ1v) is 17.4. The maximum absolute atomic E-state index is 6.35. The molecule has 0 N–H and O–H groups in total. The van der Waals surface area contributed by atoms with Gasteiger partial charge < -0.3 is 9.32 Å². The molecule has 49 heavy (non-hydrogen) atoms. The average Bonchev–Trinajstić information content (AvgIpc) is 3.75. The number of hydrogen-bond donors (Lipinski definition) is 0. The molecule has 0 atom stereocenters. The first-order valence-electron chi connectivity index (χ1n) is 16.6. The van der Waals surface area contributed by atoms with Crippen LogP contribution in [0.2, 0.25) is 0 Å². The molecule has 2 aromatic heterocycles. The molecular formula is C46H29NOS. The zero-order valence-corrected chi connectivity index (χ0v) is 27.3. The highest BCUT2D eigenvalue weighted by atomic mass is 32.1. The van der Waals surface area contributed by atoms with Crippen molar-refractivity contribution in [3.05, 3.63) is 176 Å². The van der Waals surface area contributed by atoms with Crippen LogP contribution < -0.4 is 4.90 Å². The van der Waals surface area contributed by atoms with Gasteiger partial charge in [0.05, 0.1) is 0 Å². The van der Waals surface area contributed by atoms with Crippen LogP contribution in [0.4, 0.5) is 17.1 Å². The van der Waals surface area contributed by atoms with E-state index in [0.717, 1.165) is 50.1 Å². The number of benzene rings is 8. The van der Waals surface area contributed by atoms with Gasteiger partial charge in [-0.2, -0.15) is 0 Å². The number of furan rings is 1. The molecule has 0 aliphatic carbocycles. The molecule has 0 fully saturated rings. The lowest BCUT2D eigenvalue weighted by molar-refractivity contribution is 0.670. The van der Waals surface area contributed by atoms with Crippen LogP contribution in [-0.2, 0) is 0 Å². The molecule has 10 rings (SSSR count). The fraction of sp³-hybridized carbons (Fsp3) is 0. The van der Waals surface area contributed by atoms with Crippen LogP contribution in [0.15, 0.2) is 180 Å². The van der Waals surface area contributed by atoms with E-state index >= 15 is 0 Å². The van der Waals surface area contributed by atoms with Crippen molar-refractivity contribution in [2.75, 3.05) is 4.90 Å². The first kappa shape index (κ1) is 27.9. The van der Waals surface area contributed by atoms with Crippen molar-refractivity contribution < 1.29 is 4.42 Å². The van der Waals surface area contributed by atoms with Crippen LogP contribution in [0.5, 0.6) is 0 Å². The third-order valence-corrected chi connectivity index (χ3v) is 10.9. The minimum Gasteiger partial charge on any atom is -0.455 e. The number of hydrogen-bond acceptors (Lipinski definition) is 3. The summed E-state index contributed by atoms with van der Waals surface area (Å²) in [5, 5.41) is 7.56. The van der Waals surface area contributed by atoms with Crippen LogP contribution in [0, 0.1) is 0 Å². The average molecular weight is 644 g/mol. The standard InChI is InChI=1S/C46H29NOS/c1-2-11-33(12-3-1)47(34-25-20-31(21-26-34)37-15-8-17-40-39-14-6-7-19-42(39)48-45(37)40)35-27-22-32(23-28-35)38-16-9-18-41-44-36-13-5-4-10-30(36)24-29-43(44)49-46(38)41/h1-29H. The third-order valence-electron chi connectivity index (χ3n) is 9.68. The Hall–Kier alpha value is -6.16. The fourth-order valence-corrected chi connectivity index (χ4v) is 8.63. The van der Waals surface area contributed by atoms with E-state index in [1.807, 2.05) is 23.5 Å². The van der Waals surface area contributed by atoms with Gasteiger partial charge in [0.1, 0.15) is 11.2 Å². The molecule has 0 unspecified atom stereocenters. The summed E-state index contributed by atoms with van der Waals surface area (Å²) >= 11 is 1.89. The Bertz CT molecular complexity index is 2810. The van der Waals surface area contributed by atoms with Crippen LogP contribution in [0.25, 0.3) is 75.1 Å². The number of nitrogens with zero attached hydrogens (tertiary/aromatic N) is 1. The van der Waals surface area contributed by atoms with E-state index in [9.17, 15) is 0 Å². The topological polar surface area (TPSA) is 16.4 Å². The molecule has 0 spiro atoms. The Morgan fingerprint density at radius 3 is 1.78 bits per heavy atom. The fourth-order valence-electron chi connectivity index (χ4n) is 7.37. The lowest BCUT2D eigenvalue weighted by Crippen LogP contribution is -2.09. The van der Waals surface area contributed by atoms with Gasteiger partial charge in [-0.15, -0.1) is 11.3 Å². The zero-order chi connectivity index (χ0) is 32.3. The molecule has 230 valence electrons. The van der Waals surface area contributed by atoms with Crippen molar-refractivity contribution in [3.63, 3.8) is 0 Å². The Balaban J connectivity index is 1.04. The number of thiophene rings is 1. The first-order chi connectivity index (χ1) is 24.3. The summed E-state index contributed by atoms with van der Waals surface area (Å²) in [6, 6.07) is 63.0. The van der Waals surface area contributed by atoms with Gasteiger partial charge in [-0.25, -0.2) is 0 Å². The van der Waals surface area contributed by atoms with Gasteiger partial charge in [-0.3, -0.25) is 0 Å². The highest BCUT2D eigenvalue weighted by Gasteiger charge is 2.17. The Labute approximate surface area is 287 Å². The van der Waals surface area contributed by atoms with E-state index in [4.69, 9.17) is 4.42 Å². The largest absolute Gasteiger partial charge is 0.455 e. The highest BCUT2D eigenvalue weighted by molar-refractivity contribution is 7.26. The smallest absolute Gasteiger partial charge is 0.143 e. The second kappa shape index (κ2) is 11.2. The van der Waals surface area contributed by atoms with Gasteiger partial charge in [0.2, 0.25) is 0 Å². The Kier molecular flexibility index (Phi) is 6.39. The van der Waals surface area contributed by atoms with Gasteiger partial charge in [0, 0.05) is 53.6 Å². The van der Waals surface area contributed by atoms with E-state index < -0.39 is 0 Å². The van der Waals surface area contributed by atoms with Crippen LogP contribution in [0.3, 0.4) is 0 Å². The summed E-state index contributed by atoms with van der Waals surface area (Å²) in [4.78, 5) is 2.32. The molecule has 0 aliphatic rings. The third kappa shape index (κ3) is 4.55. The van der Waals surface area contributed by atoms with E-state index in [1.54, 1.807) is 0 Å². The normalized spacial score (nSPS) is 11.7. The van der Waals surface area contributed by atoms with Crippen LogP contribution >= 0.6 is 11.3 Å². The number of anilines is 3. The van der Waals surface area contributed by atoms with Gasteiger partial charge in [-0.1, -0.05) is 127 Å². The molecule has 2 heterocycles. The van der Waals surface area contributed by atoms with Crippen molar-refractivity contribution in [2.24, 2.45) is 0 Å². The summed E-state index contributed by atoms with van der Waals surface area (Å²) in [6.45, 7) is 0. The molecule has 0 saturated heterocycles. The van der Waals surface area contributed by atoms with Crippen LogP contribution in [-0.4, -0.2) is 0 Å². The van der Waals surface area contributed by atoms with Crippen molar-refractivity contribution in [2.45, 2.75) is 0 Å². The predicted molar refractivity (Wildman–Crippen MR) is 210 cm³/mol. The predicted octanol–water partition coefficient (Wildman–Crippen LogP) is 13.9. The molecule has 0 radical (unpaired) electrons. The van der Waals surface area contributed by atoms with Gasteiger partial charge in [-0.05, 0) is 76.0 Å². The summed E-state index contributed by atoms with van der Waals surface area (Å²) < 4.78 is 9.01. The molecule has 0 bridgehead atoms. The van der Waals surface area contributed by atoms with E-state index in [-0.39, 0.29) is 0 Å². The number of fused-ring (bicyclic) bond motifs is 8. The maximum Gasteiger partial charge on any atom is 0.143 e. The molecule has 0 aliphatic heterocycles. The van der Waals surface area contributed by atoms with Crippen molar-refractivity contribution >= 4 is 81.3 Å². The van der Waals surface area contributed by atoms with Crippen molar-refractivity contribution in [1.82, 2.24) is 0 Å². The quantitative estimate of drug-likeness (QED) is 0.186. The molecule has 8 aromatic carbocycles. The molecule has 0 amide bonds. The van der Waals surface area contributed by atoms with Crippen molar-refractivity contribution in [3.8, 4) is 22.3 Å². The molecular weight excluding hydrogens is 615 g/mol. The lowest BCUT2D eigenvalue weighted by atomic mass is 9.99. The zero-order valence-electron chi connectivity index (χ0n) is 26.5. The van der Waals surface area contributed by atoms with E-state index in [2.05, 4.69) is 169 Å². The Morgan fingerprint density at radius 2 is 1.00 bits per heavy atom. The van der Waals surface area contributed by atoms with Gasteiger partial charge >= 0.3 is 0 Å². The number of rotatable bonds is 5. The molecule has 3 heteroatoms. The minimum atomic E-state index is 0.914. The minimum absolute atomic E-state index is 0.914.